The minimum absolute atomic E-state index is 0. The number of benzene rings is 1. The molecular formula is C20H30Cl2N4O. The number of nitrogens with zero attached hydrogens (tertiary/aromatic N) is 2. The number of amides is 1. The number of nitrogens with one attached hydrogen (secondary N) is 1. The van der Waals surface area contributed by atoms with Crippen LogP contribution in [0.2, 0.25) is 0 Å². The number of aromatic nitrogens is 2. The number of hydrogen-bond donors (Lipinski definition) is 2. The van der Waals surface area contributed by atoms with Crippen LogP contribution in [0.5, 0.6) is 0 Å². The van der Waals surface area contributed by atoms with Gasteiger partial charge in [0, 0.05) is 25.2 Å². The van der Waals surface area contributed by atoms with Gasteiger partial charge in [0.15, 0.2) is 0 Å². The van der Waals surface area contributed by atoms with Gasteiger partial charge >= 0.3 is 0 Å². The summed E-state index contributed by atoms with van der Waals surface area (Å²) in [5, 5.41) is 3.12. The lowest BCUT2D eigenvalue weighted by Gasteiger charge is -2.28. The van der Waals surface area contributed by atoms with E-state index in [1.54, 1.807) is 6.33 Å². The molecule has 3 rings (SSSR count). The second kappa shape index (κ2) is 11.3. The Hall–Kier alpha value is -1.56. The molecule has 150 valence electrons. The van der Waals surface area contributed by atoms with Crippen molar-refractivity contribution in [3.63, 3.8) is 0 Å². The molecule has 1 heterocycles. The first-order valence-electron chi connectivity index (χ1n) is 9.20. The van der Waals surface area contributed by atoms with Crippen LogP contribution in [0.15, 0.2) is 42.9 Å². The Labute approximate surface area is 173 Å². The van der Waals surface area contributed by atoms with E-state index in [0.717, 1.165) is 25.1 Å². The van der Waals surface area contributed by atoms with Crippen molar-refractivity contribution in [2.75, 3.05) is 0 Å². The molecule has 2 unspecified atom stereocenters. The predicted molar refractivity (Wildman–Crippen MR) is 114 cm³/mol. The van der Waals surface area contributed by atoms with Gasteiger partial charge in [-0.05, 0) is 24.3 Å². The second-order valence-corrected chi connectivity index (χ2v) is 7.31. The van der Waals surface area contributed by atoms with Crippen LogP contribution in [0.3, 0.4) is 0 Å². The van der Waals surface area contributed by atoms with Gasteiger partial charge in [-0.1, -0.05) is 50.1 Å². The summed E-state index contributed by atoms with van der Waals surface area (Å²) in [5.41, 5.74) is 8.18. The summed E-state index contributed by atoms with van der Waals surface area (Å²) >= 11 is 0. The van der Waals surface area contributed by atoms with Crippen molar-refractivity contribution in [1.82, 2.24) is 14.9 Å². The molecule has 0 saturated heterocycles. The summed E-state index contributed by atoms with van der Waals surface area (Å²) < 4.78 is 2.03. The fourth-order valence-corrected chi connectivity index (χ4v) is 3.58. The van der Waals surface area contributed by atoms with E-state index in [0.29, 0.717) is 12.3 Å². The molecule has 5 nitrogen and oxygen atoms in total. The zero-order chi connectivity index (χ0) is 17.6. The topological polar surface area (TPSA) is 72.9 Å². The average Bonchev–Trinajstić information content (AvgIpc) is 3.02. The SMILES string of the molecule is CC1CCCC(NC(=O)[C@@H](N)Cc2cn(Cc3ccccc3)cn2)C1.Cl.Cl. The molecule has 1 fully saturated rings. The molecule has 0 spiro atoms. The number of rotatable bonds is 6. The van der Waals surface area contributed by atoms with Crippen molar-refractivity contribution >= 4 is 30.7 Å². The van der Waals surface area contributed by atoms with E-state index >= 15 is 0 Å². The number of imidazole rings is 1. The Kier molecular flexibility index (Phi) is 9.84. The summed E-state index contributed by atoms with van der Waals surface area (Å²) in [6.07, 6.45) is 8.82. The highest BCUT2D eigenvalue weighted by molar-refractivity contribution is 5.85. The Balaban J connectivity index is 0.00000182. The van der Waals surface area contributed by atoms with Gasteiger partial charge in [-0.25, -0.2) is 4.98 Å². The van der Waals surface area contributed by atoms with Crippen LogP contribution < -0.4 is 11.1 Å². The minimum atomic E-state index is -0.544. The predicted octanol–water partition coefficient (Wildman–Crippen LogP) is 3.34. The van der Waals surface area contributed by atoms with Crippen molar-refractivity contribution < 1.29 is 4.79 Å². The van der Waals surface area contributed by atoms with E-state index in [4.69, 9.17) is 5.73 Å². The standard InChI is InChI=1S/C20H28N4O.2ClH/c1-15-6-5-9-17(10-15)23-20(25)19(21)11-18-13-24(14-22-18)12-16-7-3-2-4-8-16;;/h2-4,7-8,13-15,17,19H,5-6,9-12,21H2,1H3,(H,23,25);2*1H/t15?,17?,19-;;/m0../s1. The van der Waals surface area contributed by atoms with Gasteiger partial charge in [-0.2, -0.15) is 0 Å². The maximum atomic E-state index is 12.3. The highest BCUT2D eigenvalue weighted by Crippen LogP contribution is 2.23. The van der Waals surface area contributed by atoms with Crippen LogP contribution in [-0.4, -0.2) is 27.5 Å². The lowest BCUT2D eigenvalue weighted by atomic mass is 9.87. The number of halogens is 2. The van der Waals surface area contributed by atoms with Gasteiger partial charge in [-0.15, -0.1) is 24.8 Å². The van der Waals surface area contributed by atoms with Crippen LogP contribution in [0, 0.1) is 5.92 Å². The molecule has 0 radical (unpaired) electrons. The fraction of sp³-hybridized carbons (Fsp3) is 0.500. The van der Waals surface area contributed by atoms with Gasteiger partial charge < -0.3 is 15.6 Å². The molecule has 2 aromatic rings. The highest BCUT2D eigenvalue weighted by atomic mass is 35.5. The summed E-state index contributed by atoms with van der Waals surface area (Å²) in [6, 6.07) is 9.97. The van der Waals surface area contributed by atoms with Gasteiger partial charge in [0.05, 0.1) is 18.1 Å². The molecule has 1 aromatic heterocycles. The lowest BCUT2D eigenvalue weighted by Crippen LogP contribution is -2.47. The molecule has 3 N–H and O–H groups in total. The minimum Gasteiger partial charge on any atom is -0.352 e. The van der Waals surface area contributed by atoms with Crippen LogP contribution in [0.4, 0.5) is 0 Å². The van der Waals surface area contributed by atoms with Crippen molar-refractivity contribution in [2.24, 2.45) is 11.7 Å². The molecule has 1 amide bonds. The monoisotopic (exact) mass is 412 g/mol. The van der Waals surface area contributed by atoms with Crippen LogP contribution in [0.1, 0.15) is 43.9 Å². The molecule has 7 heteroatoms. The van der Waals surface area contributed by atoms with Crippen molar-refractivity contribution in [3.8, 4) is 0 Å². The third-order valence-corrected chi connectivity index (χ3v) is 4.94. The molecule has 27 heavy (non-hydrogen) atoms. The van der Waals surface area contributed by atoms with E-state index < -0.39 is 6.04 Å². The van der Waals surface area contributed by atoms with Crippen LogP contribution in [-0.2, 0) is 17.8 Å². The lowest BCUT2D eigenvalue weighted by molar-refractivity contribution is -0.123. The van der Waals surface area contributed by atoms with E-state index in [1.165, 1.54) is 18.4 Å². The smallest absolute Gasteiger partial charge is 0.237 e. The normalized spacial score (nSPS) is 20.1. The third kappa shape index (κ3) is 7.17. The largest absolute Gasteiger partial charge is 0.352 e. The quantitative estimate of drug-likeness (QED) is 0.763. The summed E-state index contributed by atoms with van der Waals surface area (Å²) in [4.78, 5) is 16.7. The third-order valence-electron chi connectivity index (χ3n) is 4.94. The molecule has 3 atom stereocenters. The first kappa shape index (κ1) is 23.5. The highest BCUT2D eigenvalue weighted by Gasteiger charge is 2.23. The van der Waals surface area contributed by atoms with Gasteiger partial charge in [0.2, 0.25) is 5.91 Å². The van der Waals surface area contributed by atoms with E-state index in [2.05, 4.69) is 29.4 Å². The Morgan fingerprint density at radius 1 is 1.30 bits per heavy atom. The number of nitrogens with two attached hydrogens (primary N) is 1. The summed E-state index contributed by atoms with van der Waals surface area (Å²) in [5.74, 6) is 0.626. The second-order valence-electron chi connectivity index (χ2n) is 7.31. The van der Waals surface area contributed by atoms with Crippen molar-refractivity contribution in [2.45, 2.75) is 57.7 Å². The number of carbonyl (C=O) groups excluding carboxylic acids is 1. The Bertz CT molecular complexity index is 692. The number of hydrogen-bond acceptors (Lipinski definition) is 3. The molecule has 1 aliphatic rings. The maximum absolute atomic E-state index is 12.3. The zero-order valence-electron chi connectivity index (χ0n) is 15.7. The first-order chi connectivity index (χ1) is 12.1. The molecule has 1 saturated carbocycles. The van der Waals surface area contributed by atoms with Gasteiger partial charge in [0.1, 0.15) is 0 Å². The summed E-state index contributed by atoms with van der Waals surface area (Å²) in [6.45, 7) is 3.02. The molecule has 1 aromatic carbocycles. The van der Waals surface area contributed by atoms with Crippen LogP contribution >= 0.6 is 24.8 Å². The van der Waals surface area contributed by atoms with Crippen molar-refractivity contribution in [1.29, 1.82) is 0 Å². The van der Waals surface area contributed by atoms with Gasteiger partial charge in [0.25, 0.3) is 0 Å². The first-order valence-corrected chi connectivity index (χ1v) is 9.20. The summed E-state index contributed by atoms with van der Waals surface area (Å²) in [7, 11) is 0. The molecule has 0 aliphatic heterocycles. The van der Waals surface area contributed by atoms with Gasteiger partial charge in [-0.3, -0.25) is 4.79 Å². The average molecular weight is 413 g/mol. The Morgan fingerprint density at radius 3 is 2.74 bits per heavy atom. The zero-order valence-corrected chi connectivity index (χ0v) is 17.3. The van der Waals surface area contributed by atoms with E-state index in [1.807, 2.05) is 29.0 Å². The molecule has 0 bridgehead atoms. The van der Waals surface area contributed by atoms with E-state index in [-0.39, 0.29) is 36.8 Å². The Morgan fingerprint density at radius 2 is 2.04 bits per heavy atom. The fourth-order valence-electron chi connectivity index (χ4n) is 3.58. The maximum Gasteiger partial charge on any atom is 0.237 e. The molecule has 1 aliphatic carbocycles. The van der Waals surface area contributed by atoms with Crippen molar-refractivity contribution in [3.05, 3.63) is 54.1 Å². The van der Waals surface area contributed by atoms with Crippen LogP contribution in [0.25, 0.3) is 0 Å². The molecular weight excluding hydrogens is 383 g/mol. The van der Waals surface area contributed by atoms with E-state index in [9.17, 15) is 4.79 Å². The number of carbonyl (C=O) groups is 1.